The molecule has 33 heavy (non-hydrogen) atoms. The highest BCUT2D eigenvalue weighted by Crippen LogP contribution is 2.21. The summed E-state index contributed by atoms with van der Waals surface area (Å²) in [6.45, 7) is 0.466. The van der Waals surface area contributed by atoms with Crippen molar-refractivity contribution in [1.29, 1.82) is 0 Å². The van der Waals surface area contributed by atoms with Crippen LogP contribution < -0.4 is 10.2 Å². The summed E-state index contributed by atoms with van der Waals surface area (Å²) in [6.07, 6.45) is 1.62. The maximum Gasteiger partial charge on any atom is 0.269 e. The number of carbonyl (C=O) groups excluding carboxylic acids is 1. The molecule has 4 aromatic carbocycles. The number of nitrogens with one attached hydrogen (secondary N) is 1. The molecule has 1 N–H and O–H groups in total. The SMILES string of the molecule is O=C(Cc1ccc([N+](=O)[O-])cc1)NN=Cc1ccc(OCc2cccc3ccccc23)cc1. The number of hydrogen-bond donors (Lipinski definition) is 1. The molecule has 7 heteroatoms. The van der Waals surface area contributed by atoms with Crippen LogP contribution in [0.15, 0.2) is 96.1 Å². The quantitative estimate of drug-likeness (QED) is 0.237. The number of benzene rings is 4. The fourth-order valence-corrected chi connectivity index (χ4v) is 3.37. The second-order valence-electron chi connectivity index (χ2n) is 7.39. The Balaban J connectivity index is 1.28. The minimum Gasteiger partial charge on any atom is -0.489 e. The summed E-state index contributed by atoms with van der Waals surface area (Å²) in [5.41, 5.74) is 5.04. The molecule has 0 aliphatic carbocycles. The standard InChI is InChI=1S/C26H21N3O4/c30-26(16-19-8-12-23(13-9-19)29(31)32)28-27-17-20-10-14-24(15-11-20)33-18-22-6-3-5-21-4-1-2-7-25(21)22/h1-15,17H,16,18H2,(H,28,30). The number of nitrogens with zero attached hydrogens (tertiary/aromatic N) is 2. The number of ether oxygens (including phenoxy) is 1. The van der Waals surface area contributed by atoms with E-state index in [1.807, 2.05) is 42.5 Å². The highest BCUT2D eigenvalue weighted by atomic mass is 16.6. The fraction of sp³-hybridized carbons (Fsp3) is 0.0769. The molecule has 1 amide bonds. The lowest BCUT2D eigenvalue weighted by molar-refractivity contribution is -0.384. The van der Waals surface area contributed by atoms with Crippen molar-refractivity contribution in [2.75, 3.05) is 0 Å². The van der Waals surface area contributed by atoms with E-state index in [9.17, 15) is 14.9 Å². The van der Waals surface area contributed by atoms with Crippen molar-refractivity contribution < 1.29 is 14.5 Å². The van der Waals surface area contributed by atoms with Gasteiger partial charge in [-0.3, -0.25) is 14.9 Å². The van der Waals surface area contributed by atoms with E-state index in [1.54, 1.807) is 18.3 Å². The Morgan fingerprint density at radius 1 is 0.939 bits per heavy atom. The van der Waals surface area contributed by atoms with Crippen molar-refractivity contribution in [1.82, 2.24) is 5.43 Å². The summed E-state index contributed by atoms with van der Waals surface area (Å²) in [5, 5.41) is 17.0. The first-order valence-corrected chi connectivity index (χ1v) is 10.3. The zero-order valence-electron chi connectivity index (χ0n) is 17.7. The number of amides is 1. The average Bonchev–Trinajstić information content (AvgIpc) is 2.84. The zero-order chi connectivity index (χ0) is 23.0. The minimum absolute atomic E-state index is 0.0123. The molecule has 0 radical (unpaired) electrons. The Bertz CT molecular complexity index is 1290. The van der Waals surface area contributed by atoms with Crippen LogP contribution in [0.1, 0.15) is 16.7 Å². The normalized spacial score (nSPS) is 10.9. The molecule has 0 spiro atoms. The van der Waals surface area contributed by atoms with Crippen LogP contribution in [0.2, 0.25) is 0 Å². The van der Waals surface area contributed by atoms with Crippen molar-refractivity contribution in [2.24, 2.45) is 5.10 Å². The van der Waals surface area contributed by atoms with Crippen LogP contribution in [-0.2, 0) is 17.8 Å². The van der Waals surface area contributed by atoms with Gasteiger partial charge in [0, 0.05) is 12.1 Å². The summed E-state index contributed by atoms with van der Waals surface area (Å²) < 4.78 is 5.93. The number of hydrazone groups is 1. The summed E-state index contributed by atoms with van der Waals surface area (Å²) in [5.74, 6) is 0.428. The Labute approximate surface area is 190 Å². The van der Waals surface area contributed by atoms with Crippen molar-refractivity contribution in [3.8, 4) is 5.75 Å². The lowest BCUT2D eigenvalue weighted by Gasteiger charge is -2.09. The van der Waals surface area contributed by atoms with Crippen LogP contribution in [0.5, 0.6) is 5.75 Å². The number of nitro benzene ring substituents is 1. The van der Waals surface area contributed by atoms with Gasteiger partial charge in [0.2, 0.25) is 5.91 Å². The van der Waals surface area contributed by atoms with Crippen molar-refractivity contribution >= 4 is 28.6 Å². The van der Waals surface area contributed by atoms with Gasteiger partial charge in [-0.25, -0.2) is 5.43 Å². The molecular weight excluding hydrogens is 418 g/mol. The summed E-state index contributed by atoms with van der Waals surface area (Å²) in [6, 6.07) is 27.6. The first kappa shape index (κ1) is 21.7. The lowest BCUT2D eigenvalue weighted by Crippen LogP contribution is -2.19. The van der Waals surface area contributed by atoms with Crippen LogP contribution in [0.4, 0.5) is 5.69 Å². The number of hydrogen-bond acceptors (Lipinski definition) is 5. The van der Waals surface area contributed by atoms with E-state index in [0.717, 1.165) is 16.9 Å². The Hall–Kier alpha value is -4.52. The molecule has 0 fully saturated rings. The topological polar surface area (TPSA) is 93.8 Å². The Morgan fingerprint density at radius 3 is 2.42 bits per heavy atom. The second kappa shape index (κ2) is 10.2. The van der Waals surface area contributed by atoms with Gasteiger partial charge in [-0.1, -0.05) is 54.6 Å². The monoisotopic (exact) mass is 439 g/mol. The molecular formula is C26H21N3O4. The van der Waals surface area contributed by atoms with Crippen LogP contribution >= 0.6 is 0 Å². The smallest absolute Gasteiger partial charge is 0.269 e. The van der Waals surface area contributed by atoms with Gasteiger partial charge in [-0.2, -0.15) is 5.10 Å². The molecule has 0 aromatic heterocycles. The van der Waals surface area contributed by atoms with E-state index in [4.69, 9.17) is 4.74 Å². The Morgan fingerprint density at radius 2 is 1.67 bits per heavy atom. The number of carbonyl (C=O) groups is 1. The van der Waals surface area contributed by atoms with E-state index < -0.39 is 4.92 Å². The summed E-state index contributed by atoms with van der Waals surface area (Å²) >= 11 is 0. The van der Waals surface area contributed by atoms with Gasteiger partial charge in [0.25, 0.3) is 5.69 Å². The van der Waals surface area contributed by atoms with Crippen LogP contribution in [0.25, 0.3) is 10.8 Å². The number of rotatable bonds is 8. The molecule has 0 saturated carbocycles. The van der Waals surface area contributed by atoms with Gasteiger partial charge in [0.15, 0.2) is 0 Å². The molecule has 164 valence electrons. The van der Waals surface area contributed by atoms with E-state index in [1.165, 1.54) is 22.9 Å². The van der Waals surface area contributed by atoms with Gasteiger partial charge in [0.05, 0.1) is 17.6 Å². The van der Waals surface area contributed by atoms with Gasteiger partial charge >= 0.3 is 0 Å². The minimum atomic E-state index is -0.478. The molecule has 0 bridgehead atoms. The second-order valence-corrected chi connectivity index (χ2v) is 7.39. The highest BCUT2D eigenvalue weighted by molar-refractivity contribution is 5.85. The number of nitro groups is 1. The lowest BCUT2D eigenvalue weighted by atomic mass is 10.1. The van der Waals surface area contributed by atoms with E-state index in [0.29, 0.717) is 12.2 Å². The predicted octanol–water partition coefficient (Wildman–Crippen LogP) is 5.02. The molecule has 7 nitrogen and oxygen atoms in total. The molecule has 0 heterocycles. The van der Waals surface area contributed by atoms with Gasteiger partial charge in [-0.05, 0) is 51.7 Å². The fourth-order valence-electron chi connectivity index (χ4n) is 3.37. The third-order valence-electron chi connectivity index (χ3n) is 5.07. The molecule has 0 aliphatic heterocycles. The predicted molar refractivity (Wildman–Crippen MR) is 127 cm³/mol. The molecule has 0 atom stereocenters. The van der Waals surface area contributed by atoms with E-state index in [-0.39, 0.29) is 18.0 Å². The van der Waals surface area contributed by atoms with Crippen LogP contribution in [0.3, 0.4) is 0 Å². The first-order chi connectivity index (χ1) is 16.1. The van der Waals surface area contributed by atoms with E-state index >= 15 is 0 Å². The van der Waals surface area contributed by atoms with Gasteiger partial charge in [0.1, 0.15) is 12.4 Å². The van der Waals surface area contributed by atoms with Gasteiger partial charge < -0.3 is 4.74 Å². The maximum atomic E-state index is 12.0. The van der Waals surface area contributed by atoms with Crippen molar-refractivity contribution in [3.63, 3.8) is 0 Å². The largest absolute Gasteiger partial charge is 0.489 e. The molecule has 0 unspecified atom stereocenters. The molecule has 4 rings (SSSR count). The molecule has 4 aromatic rings. The Kier molecular flexibility index (Phi) is 6.70. The maximum absolute atomic E-state index is 12.0. The summed E-state index contributed by atoms with van der Waals surface area (Å²) in [4.78, 5) is 22.2. The van der Waals surface area contributed by atoms with Crippen molar-refractivity contribution in [2.45, 2.75) is 13.0 Å². The van der Waals surface area contributed by atoms with Crippen molar-refractivity contribution in [3.05, 3.63) is 118 Å². The first-order valence-electron chi connectivity index (χ1n) is 10.3. The van der Waals surface area contributed by atoms with Crippen LogP contribution in [0, 0.1) is 10.1 Å². The van der Waals surface area contributed by atoms with Gasteiger partial charge in [-0.15, -0.1) is 0 Å². The molecule has 0 saturated heterocycles. The third-order valence-corrected chi connectivity index (χ3v) is 5.07. The highest BCUT2D eigenvalue weighted by Gasteiger charge is 2.07. The zero-order valence-corrected chi connectivity index (χ0v) is 17.7. The number of non-ortho nitro benzene ring substituents is 1. The molecule has 0 aliphatic rings. The van der Waals surface area contributed by atoms with E-state index in [2.05, 4.69) is 34.8 Å². The summed E-state index contributed by atoms with van der Waals surface area (Å²) in [7, 11) is 0. The van der Waals surface area contributed by atoms with Crippen LogP contribution in [-0.4, -0.2) is 17.0 Å². The third kappa shape index (κ3) is 5.80. The average molecular weight is 439 g/mol. The number of fused-ring (bicyclic) bond motifs is 1.